The molecule has 1 heterocycles. The molecule has 0 amide bonds. The Labute approximate surface area is 70.9 Å². The fourth-order valence-electron chi connectivity index (χ4n) is 0.909. The molecule has 0 aromatic carbocycles. The van der Waals surface area contributed by atoms with Crippen molar-refractivity contribution < 1.29 is 5.11 Å². The SMILES string of the molecule is CN(CCO)c1ncncc1N. The highest BCUT2D eigenvalue weighted by Gasteiger charge is 2.04. The molecule has 0 saturated heterocycles. The molecule has 0 bridgehead atoms. The highest BCUT2D eigenvalue weighted by molar-refractivity contribution is 5.60. The molecule has 5 nitrogen and oxygen atoms in total. The van der Waals surface area contributed by atoms with E-state index in [1.165, 1.54) is 12.5 Å². The van der Waals surface area contributed by atoms with Gasteiger partial charge in [0.05, 0.1) is 18.5 Å². The Morgan fingerprint density at radius 3 is 3.00 bits per heavy atom. The number of hydrogen-bond acceptors (Lipinski definition) is 5. The second-order valence-corrected chi connectivity index (χ2v) is 2.45. The minimum Gasteiger partial charge on any atom is -0.395 e. The van der Waals surface area contributed by atoms with E-state index < -0.39 is 0 Å². The number of anilines is 2. The highest BCUT2D eigenvalue weighted by Crippen LogP contribution is 2.15. The van der Waals surface area contributed by atoms with E-state index in [0.717, 1.165) is 0 Å². The quantitative estimate of drug-likeness (QED) is 0.635. The molecule has 0 unspecified atom stereocenters. The van der Waals surface area contributed by atoms with Crippen molar-refractivity contribution in [2.75, 3.05) is 30.8 Å². The van der Waals surface area contributed by atoms with E-state index >= 15 is 0 Å². The standard InChI is InChI=1S/C7H12N4O/c1-11(2-3-12)7-6(8)4-9-5-10-7/h4-5,12H,2-3,8H2,1H3. The average molecular weight is 168 g/mol. The highest BCUT2D eigenvalue weighted by atomic mass is 16.3. The Morgan fingerprint density at radius 1 is 1.67 bits per heavy atom. The molecule has 0 spiro atoms. The third-order valence-electron chi connectivity index (χ3n) is 1.52. The summed E-state index contributed by atoms with van der Waals surface area (Å²) in [7, 11) is 1.81. The summed E-state index contributed by atoms with van der Waals surface area (Å²) >= 11 is 0. The molecule has 0 fully saturated rings. The summed E-state index contributed by atoms with van der Waals surface area (Å²) in [4.78, 5) is 9.51. The van der Waals surface area contributed by atoms with Gasteiger partial charge in [-0.05, 0) is 0 Å². The third-order valence-corrected chi connectivity index (χ3v) is 1.52. The van der Waals surface area contributed by atoms with Gasteiger partial charge in [-0.25, -0.2) is 9.97 Å². The second-order valence-electron chi connectivity index (χ2n) is 2.45. The second kappa shape index (κ2) is 3.87. The molecule has 1 rings (SSSR count). The molecule has 5 heteroatoms. The average Bonchev–Trinajstić information content (AvgIpc) is 2.05. The summed E-state index contributed by atoms with van der Waals surface area (Å²) in [6.07, 6.45) is 2.97. The van der Waals surface area contributed by atoms with Gasteiger partial charge in [-0.15, -0.1) is 0 Å². The van der Waals surface area contributed by atoms with Gasteiger partial charge in [0.1, 0.15) is 6.33 Å². The number of nitrogens with two attached hydrogens (primary N) is 1. The van der Waals surface area contributed by atoms with Gasteiger partial charge in [-0.2, -0.15) is 0 Å². The first-order chi connectivity index (χ1) is 5.75. The zero-order chi connectivity index (χ0) is 8.97. The molecular formula is C7H12N4O. The molecule has 0 aliphatic rings. The molecule has 0 radical (unpaired) electrons. The molecule has 1 aromatic heterocycles. The van der Waals surface area contributed by atoms with Crippen LogP contribution >= 0.6 is 0 Å². The van der Waals surface area contributed by atoms with Gasteiger partial charge in [0, 0.05) is 13.6 Å². The molecular weight excluding hydrogens is 156 g/mol. The number of likely N-dealkylation sites (N-methyl/N-ethyl adjacent to an activating group) is 1. The molecule has 0 aliphatic carbocycles. The van der Waals surface area contributed by atoms with Gasteiger partial charge in [0.2, 0.25) is 0 Å². The number of aromatic nitrogens is 2. The van der Waals surface area contributed by atoms with Crippen LogP contribution in [0.5, 0.6) is 0 Å². The van der Waals surface area contributed by atoms with Crippen molar-refractivity contribution >= 4 is 11.5 Å². The lowest BCUT2D eigenvalue weighted by atomic mass is 10.4. The van der Waals surface area contributed by atoms with E-state index in [4.69, 9.17) is 10.8 Å². The number of aliphatic hydroxyl groups excluding tert-OH is 1. The summed E-state index contributed by atoms with van der Waals surface area (Å²) in [6, 6.07) is 0. The first-order valence-corrected chi connectivity index (χ1v) is 3.63. The van der Waals surface area contributed by atoms with Crippen molar-refractivity contribution in [2.24, 2.45) is 0 Å². The predicted molar refractivity (Wildman–Crippen MR) is 46.8 cm³/mol. The Bertz CT molecular complexity index is 253. The normalized spacial score (nSPS) is 9.83. The Balaban J connectivity index is 2.79. The van der Waals surface area contributed by atoms with Crippen molar-refractivity contribution in [1.29, 1.82) is 0 Å². The van der Waals surface area contributed by atoms with Gasteiger partial charge in [-0.1, -0.05) is 0 Å². The van der Waals surface area contributed by atoms with Crippen molar-refractivity contribution in [3.05, 3.63) is 12.5 Å². The van der Waals surface area contributed by atoms with E-state index in [2.05, 4.69) is 9.97 Å². The minimum atomic E-state index is 0.0833. The van der Waals surface area contributed by atoms with Gasteiger partial charge < -0.3 is 15.7 Å². The molecule has 66 valence electrons. The van der Waals surface area contributed by atoms with Crippen LogP contribution in [0, 0.1) is 0 Å². The first kappa shape index (κ1) is 8.73. The summed E-state index contributed by atoms with van der Waals surface area (Å²) in [6.45, 7) is 0.598. The van der Waals surface area contributed by atoms with E-state index in [1.807, 2.05) is 7.05 Å². The van der Waals surface area contributed by atoms with Gasteiger partial charge >= 0.3 is 0 Å². The largest absolute Gasteiger partial charge is 0.395 e. The zero-order valence-corrected chi connectivity index (χ0v) is 6.94. The molecule has 3 N–H and O–H groups in total. The van der Waals surface area contributed by atoms with E-state index in [9.17, 15) is 0 Å². The van der Waals surface area contributed by atoms with Crippen molar-refractivity contribution in [1.82, 2.24) is 9.97 Å². The van der Waals surface area contributed by atoms with E-state index in [1.54, 1.807) is 4.90 Å². The number of nitrogen functional groups attached to an aromatic ring is 1. The van der Waals surface area contributed by atoms with Crippen LogP contribution in [-0.2, 0) is 0 Å². The minimum absolute atomic E-state index is 0.0833. The molecule has 0 atom stereocenters. The number of hydrogen-bond donors (Lipinski definition) is 2. The summed E-state index contributed by atoms with van der Waals surface area (Å²) in [5.41, 5.74) is 6.13. The van der Waals surface area contributed by atoms with Crippen LogP contribution in [0.15, 0.2) is 12.5 Å². The van der Waals surface area contributed by atoms with Crippen molar-refractivity contribution in [2.45, 2.75) is 0 Å². The van der Waals surface area contributed by atoms with Crippen LogP contribution in [0.3, 0.4) is 0 Å². The van der Waals surface area contributed by atoms with Gasteiger partial charge in [-0.3, -0.25) is 0 Å². The lowest BCUT2D eigenvalue weighted by Crippen LogP contribution is -2.23. The van der Waals surface area contributed by atoms with Crippen molar-refractivity contribution in [3.8, 4) is 0 Å². The fourth-order valence-corrected chi connectivity index (χ4v) is 0.909. The summed E-state index contributed by atoms with van der Waals surface area (Å²) in [5, 5.41) is 8.66. The number of rotatable bonds is 3. The van der Waals surface area contributed by atoms with Crippen molar-refractivity contribution in [3.63, 3.8) is 0 Å². The third kappa shape index (κ3) is 1.82. The van der Waals surface area contributed by atoms with Gasteiger partial charge in [0.15, 0.2) is 5.82 Å². The van der Waals surface area contributed by atoms with Crippen LogP contribution in [-0.4, -0.2) is 35.3 Å². The fraction of sp³-hybridized carbons (Fsp3) is 0.429. The van der Waals surface area contributed by atoms with Crippen LogP contribution in [0.4, 0.5) is 11.5 Å². The lowest BCUT2D eigenvalue weighted by Gasteiger charge is -2.17. The van der Waals surface area contributed by atoms with Crippen LogP contribution in [0.25, 0.3) is 0 Å². The van der Waals surface area contributed by atoms with Gasteiger partial charge in [0.25, 0.3) is 0 Å². The number of aliphatic hydroxyl groups is 1. The topological polar surface area (TPSA) is 75.3 Å². The predicted octanol–water partition coefficient (Wildman–Crippen LogP) is -0.513. The molecule has 0 aliphatic heterocycles. The zero-order valence-electron chi connectivity index (χ0n) is 6.94. The van der Waals surface area contributed by atoms with Crippen LogP contribution in [0.2, 0.25) is 0 Å². The molecule has 0 saturated carbocycles. The maximum atomic E-state index is 8.66. The Kier molecular flexibility index (Phi) is 2.82. The van der Waals surface area contributed by atoms with Crippen LogP contribution in [0.1, 0.15) is 0 Å². The lowest BCUT2D eigenvalue weighted by molar-refractivity contribution is 0.304. The first-order valence-electron chi connectivity index (χ1n) is 3.63. The number of nitrogens with zero attached hydrogens (tertiary/aromatic N) is 3. The monoisotopic (exact) mass is 168 g/mol. The summed E-state index contributed by atoms with van der Waals surface area (Å²) in [5.74, 6) is 0.652. The summed E-state index contributed by atoms with van der Waals surface area (Å²) < 4.78 is 0. The maximum absolute atomic E-state index is 8.66. The maximum Gasteiger partial charge on any atom is 0.155 e. The Hall–Kier alpha value is -1.36. The molecule has 12 heavy (non-hydrogen) atoms. The van der Waals surface area contributed by atoms with Crippen LogP contribution < -0.4 is 10.6 Å². The van der Waals surface area contributed by atoms with E-state index in [-0.39, 0.29) is 6.61 Å². The smallest absolute Gasteiger partial charge is 0.155 e. The Morgan fingerprint density at radius 2 is 2.42 bits per heavy atom. The molecule has 1 aromatic rings. The van der Waals surface area contributed by atoms with E-state index in [0.29, 0.717) is 18.1 Å².